The maximum atomic E-state index is 12.5. The van der Waals surface area contributed by atoms with Gasteiger partial charge in [-0.15, -0.1) is 11.8 Å². The predicted octanol–water partition coefficient (Wildman–Crippen LogP) is 4.57. The second-order valence-electron chi connectivity index (χ2n) is 6.73. The summed E-state index contributed by atoms with van der Waals surface area (Å²) < 4.78 is 0. The van der Waals surface area contributed by atoms with Gasteiger partial charge in [-0.25, -0.2) is 0 Å². The van der Waals surface area contributed by atoms with Crippen molar-refractivity contribution < 1.29 is 9.59 Å². The summed E-state index contributed by atoms with van der Waals surface area (Å²) >= 11 is 1.30. The highest BCUT2D eigenvalue weighted by Gasteiger charge is 2.16. The molecule has 2 amide bonds. The van der Waals surface area contributed by atoms with E-state index in [9.17, 15) is 9.59 Å². The molecule has 0 unspecified atom stereocenters. The molecular weight excluding hydrogens is 380 g/mol. The summed E-state index contributed by atoms with van der Waals surface area (Å²) in [4.78, 5) is 24.6. The van der Waals surface area contributed by atoms with Gasteiger partial charge < -0.3 is 10.6 Å². The van der Waals surface area contributed by atoms with E-state index in [4.69, 9.17) is 0 Å². The number of hydrogen-bond acceptors (Lipinski definition) is 3. The molecule has 3 aromatic rings. The molecule has 0 heterocycles. The van der Waals surface area contributed by atoms with E-state index >= 15 is 0 Å². The lowest BCUT2D eigenvalue weighted by atomic mass is 9.99. The van der Waals surface area contributed by atoms with Crippen LogP contribution in [-0.2, 0) is 9.59 Å². The molecule has 0 spiro atoms. The summed E-state index contributed by atoms with van der Waals surface area (Å²) in [6.07, 6.45) is 0. The average Bonchev–Trinajstić information content (AvgIpc) is 2.75. The first-order valence-corrected chi connectivity index (χ1v) is 10.6. The highest BCUT2D eigenvalue weighted by atomic mass is 32.2. The van der Waals surface area contributed by atoms with Gasteiger partial charge in [0.05, 0.1) is 17.5 Å². The normalized spacial score (nSPS) is 10.6. The van der Waals surface area contributed by atoms with Crippen LogP contribution in [0.1, 0.15) is 22.7 Å². The zero-order valence-electron chi connectivity index (χ0n) is 16.3. The van der Waals surface area contributed by atoms with Crippen molar-refractivity contribution in [3.63, 3.8) is 0 Å². The summed E-state index contributed by atoms with van der Waals surface area (Å²) in [5.41, 5.74) is 3.95. The van der Waals surface area contributed by atoms with Gasteiger partial charge in [-0.3, -0.25) is 9.59 Å². The molecule has 0 fully saturated rings. The first kappa shape index (κ1) is 20.7. The van der Waals surface area contributed by atoms with Crippen LogP contribution in [0.25, 0.3) is 0 Å². The third kappa shape index (κ3) is 6.50. The Balaban J connectivity index is 1.52. The third-order valence-corrected chi connectivity index (χ3v) is 5.31. The van der Waals surface area contributed by atoms with Gasteiger partial charge in [-0.1, -0.05) is 78.4 Å². The number of anilines is 1. The first-order valence-electron chi connectivity index (χ1n) is 9.45. The molecule has 0 aliphatic rings. The number of carbonyl (C=O) groups is 2. The zero-order valence-corrected chi connectivity index (χ0v) is 17.1. The Morgan fingerprint density at radius 3 is 1.83 bits per heavy atom. The Hall–Kier alpha value is -3.05. The molecule has 0 bridgehead atoms. The first-order chi connectivity index (χ1) is 14.1. The number of nitrogens with one attached hydrogen (secondary N) is 2. The van der Waals surface area contributed by atoms with E-state index in [0.717, 1.165) is 22.4 Å². The molecule has 0 aliphatic carbocycles. The van der Waals surface area contributed by atoms with Crippen LogP contribution in [0.2, 0.25) is 0 Å². The lowest BCUT2D eigenvalue weighted by molar-refractivity contribution is -0.119. The van der Waals surface area contributed by atoms with Gasteiger partial charge in [0.2, 0.25) is 11.8 Å². The van der Waals surface area contributed by atoms with E-state index in [1.54, 1.807) is 0 Å². The molecule has 29 heavy (non-hydrogen) atoms. The van der Waals surface area contributed by atoms with Crippen molar-refractivity contribution in [2.75, 3.05) is 16.8 Å². The highest BCUT2D eigenvalue weighted by molar-refractivity contribution is 8.00. The fourth-order valence-corrected chi connectivity index (χ4v) is 3.55. The van der Waals surface area contributed by atoms with Gasteiger partial charge >= 0.3 is 0 Å². The topological polar surface area (TPSA) is 58.2 Å². The third-order valence-electron chi connectivity index (χ3n) is 4.37. The molecule has 0 saturated heterocycles. The van der Waals surface area contributed by atoms with Crippen LogP contribution in [0.4, 0.5) is 5.69 Å². The molecule has 148 valence electrons. The minimum absolute atomic E-state index is 0.101. The molecule has 0 radical (unpaired) electrons. The maximum absolute atomic E-state index is 12.5. The van der Waals surface area contributed by atoms with Crippen molar-refractivity contribution in [3.05, 3.63) is 102 Å². The Morgan fingerprint density at radius 1 is 0.759 bits per heavy atom. The Labute approximate surface area is 175 Å². The summed E-state index contributed by atoms with van der Waals surface area (Å²) in [5.74, 6) is 0.227. The molecule has 4 nitrogen and oxygen atoms in total. The van der Waals surface area contributed by atoms with Crippen molar-refractivity contribution >= 4 is 29.3 Å². The minimum atomic E-state index is -0.216. The SMILES string of the molecule is Cc1ccc(NC(=O)CSCC(=O)NC(c2ccccc2)c2ccccc2)cc1. The van der Waals surface area contributed by atoms with Gasteiger partial charge in [0.25, 0.3) is 0 Å². The smallest absolute Gasteiger partial charge is 0.234 e. The van der Waals surface area contributed by atoms with Crippen LogP contribution < -0.4 is 10.6 Å². The predicted molar refractivity (Wildman–Crippen MR) is 120 cm³/mol. The molecule has 0 saturated carbocycles. The van der Waals surface area contributed by atoms with Crippen LogP contribution in [0.3, 0.4) is 0 Å². The molecule has 0 aliphatic heterocycles. The van der Waals surface area contributed by atoms with E-state index in [1.807, 2.05) is 91.9 Å². The molecular formula is C24H24N2O2S. The minimum Gasteiger partial charge on any atom is -0.344 e. The maximum Gasteiger partial charge on any atom is 0.234 e. The van der Waals surface area contributed by atoms with Crippen molar-refractivity contribution in [1.29, 1.82) is 0 Å². The molecule has 2 N–H and O–H groups in total. The Kier molecular flexibility index (Phi) is 7.47. The van der Waals surface area contributed by atoms with Crippen molar-refractivity contribution in [2.45, 2.75) is 13.0 Å². The van der Waals surface area contributed by atoms with Gasteiger partial charge in [0, 0.05) is 5.69 Å². The van der Waals surface area contributed by atoms with E-state index in [-0.39, 0.29) is 29.4 Å². The fraction of sp³-hybridized carbons (Fsp3) is 0.167. The van der Waals surface area contributed by atoms with Crippen LogP contribution >= 0.6 is 11.8 Å². The van der Waals surface area contributed by atoms with E-state index in [0.29, 0.717) is 0 Å². The van der Waals surface area contributed by atoms with Crippen LogP contribution in [-0.4, -0.2) is 23.3 Å². The van der Waals surface area contributed by atoms with E-state index in [1.165, 1.54) is 11.8 Å². The largest absolute Gasteiger partial charge is 0.344 e. The number of aryl methyl sites for hydroxylation is 1. The van der Waals surface area contributed by atoms with Crippen LogP contribution in [0, 0.1) is 6.92 Å². The number of amides is 2. The highest BCUT2D eigenvalue weighted by Crippen LogP contribution is 2.22. The molecule has 5 heteroatoms. The summed E-state index contributed by atoms with van der Waals surface area (Å²) in [5, 5.41) is 5.93. The lowest BCUT2D eigenvalue weighted by Gasteiger charge is -2.20. The summed E-state index contributed by atoms with van der Waals surface area (Å²) in [6, 6.07) is 27.2. The summed E-state index contributed by atoms with van der Waals surface area (Å²) in [7, 11) is 0. The zero-order chi connectivity index (χ0) is 20.5. The second kappa shape index (κ2) is 10.5. The van der Waals surface area contributed by atoms with Gasteiger partial charge in [-0.05, 0) is 30.2 Å². The van der Waals surface area contributed by atoms with Crippen LogP contribution in [0.5, 0.6) is 0 Å². The lowest BCUT2D eigenvalue weighted by Crippen LogP contribution is -2.31. The number of rotatable bonds is 8. The molecule has 3 rings (SSSR count). The molecule has 0 aromatic heterocycles. The second-order valence-corrected chi connectivity index (χ2v) is 7.71. The average molecular weight is 405 g/mol. The van der Waals surface area contributed by atoms with Gasteiger partial charge in [0.15, 0.2) is 0 Å². The molecule has 0 atom stereocenters. The van der Waals surface area contributed by atoms with E-state index < -0.39 is 0 Å². The molecule has 3 aromatic carbocycles. The number of hydrogen-bond donors (Lipinski definition) is 2. The number of benzene rings is 3. The summed E-state index contributed by atoms with van der Waals surface area (Å²) in [6.45, 7) is 2.00. The van der Waals surface area contributed by atoms with Crippen molar-refractivity contribution in [1.82, 2.24) is 5.32 Å². The van der Waals surface area contributed by atoms with Crippen LogP contribution in [0.15, 0.2) is 84.9 Å². The fourth-order valence-electron chi connectivity index (χ4n) is 2.92. The van der Waals surface area contributed by atoms with Crippen molar-refractivity contribution in [3.8, 4) is 0 Å². The number of carbonyl (C=O) groups excluding carboxylic acids is 2. The Bertz CT molecular complexity index is 889. The van der Waals surface area contributed by atoms with Gasteiger partial charge in [-0.2, -0.15) is 0 Å². The number of thioether (sulfide) groups is 1. The Morgan fingerprint density at radius 2 is 1.28 bits per heavy atom. The van der Waals surface area contributed by atoms with E-state index in [2.05, 4.69) is 10.6 Å². The monoisotopic (exact) mass is 404 g/mol. The standard InChI is InChI=1S/C24H24N2O2S/c1-18-12-14-21(15-13-18)25-22(27)16-29-17-23(28)26-24(19-8-4-2-5-9-19)20-10-6-3-7-11-20/h2-15,24H,16-17H2,1H3,(H,25,27)(H,26,28). The van der Waals surface area contributed by atoms with Crippen molar-refractivity contribution in [2.24, 2.45) is 0 Å². The quantitative estimate of drug-likeness (QED) is 0.578. The van der Waals surface area contributed by atoms with Gasteiger partial charge in [0.1, 0.15) is 0 Å².